The molecule has 0 saturated carbocycles. The molecule has 0 spiro atoms. The zero-order valence-electron chi connectivity index (χ0n) is 11.9. The van der Waals surface area contributed by atoms with Crippen LogP contribution in [-0.2, 0) is 28.9 Å². The van der Waals surface area contributed by atoms with Crippen LogP contribution in [0.1, 0.15) is 23.8 Å². The maximum absolute atomic E-state index is 12.0. The van der Waals surface area contributed by atoms with Gasteiger partial charge in [-0.05, 0) is 17.7 Å². The van der Waals surface area contributed by atoms with E-state index in [4.69, 9.17) is 4.52 Å². The topological polar surface area (TPSA) is 84.2 Å². The van der Waals surface area contributed by atoms with E-state index in [-0.39, 0.29) is 12.3 Å². The summed E-state index contributed by atoms with van der Waals surface area (Å²) in [5.74, 6) is 0.431. The maximum Gasteiger partial charge on any atom is 0.216 e. The van der Waals surface area contributed by atoms with Crippen molar-refractivity contribution in [2.75, 3.05) is 6.54 Å². The van der Waals surface area contributed by atoms with E-state index in [9.17, 15) is 8.42 Å². The molecule has 1 aromatic carbocycles. The van der Waals surface area contributed by atoms with Gasteiger partial charge in [-0.2, -0.15) is 0 Å². The zero-order chi connectivity index (χ0) is 15.1. The number of hydrogen-bond acceptors (Lipinski definition) is 5. The third kappa shape index (κ3) is 5.30. The number of rotatable bonds is 8. The van der Waals surface area contributed by atoms with Crippen molar-refractivity contribution in [1.82, 2.24) is 15.2 Å². The Morgan fingerprint density at radius 1 is 1.19 bits per heavy atom. The van der Waals surface area contributed by atoms with Gasteiger partial charge in [0, 0.05) is 12.6 Å². The quantitative estimate of drug-likeness (QED) is 0.770. The number of hydrogen-bond donors (Lipinski definition) is 2. The van der Waals surface area contributed by atoms with Gasteiger partial charge >= 0.3 is 0 Å². The molecule has 0 aliphatic rings. The predicted octanol–water partition coefficient (Wildman–Crippen LogP) is 1.40. The highest BCUT2D eigenvalue weighted by molar-refractivity contribution is 7.88. The molecule has 1 heterocycles. The molecule has 0 aliphatic carbocycles. The summed E-state index contributed by atoms with van der Waals surface area (Å²) < 4.78 is 31.4. The molecular weight excluding hydrogens is 290 g/mol. The SMILES string of the molecule is CCNCc1cccc(CS(=O)(=O)NCc2ccno2)c1. The van der Waals surface area contributed by atoms with Crippen LogP contribution in [0.5, 0.6) is 0 Å². The van der Waals surface area contributed by atoms with E-state index in [0.717, 1.165) is 24.2 Å². The van der Waals surface area contributed by atoms with Crippen molar-refractivity contribution in [2.24, 2.45) is 0 Å². The molecule has 0 radical (unpaired) electrons. The van der Waals surface area contributed by atoms with Gasteiger partial charge < -0.3 is 9.84 Å². The Hall–Kier alpha value is -1.70. The number of sulfonamides is 1. The van der Waals surface area contributed by atoms with Crippen molar-refractivity contribution in [3.05, 3.63) is 53.4 Å². The molecule has 2 rings (SSSR count). The molecule has 21 heavy (non-hydrogen) atoms. The summed E-state index contributed by atoms with van der Waals surface area (Å²) in [7, 11) is -3.41. The molecular formula is C14H19N3O3S. The molecule has 7 heteroatoms. The molecule has 2 N–H and O–H groups in total. The van der Waals surface area contributed by atoms with Gasteiger partial charge in [0.1, 0.15) is 0 Å². The number of aromatic nitrogens is 1. The van der Waals surface area contributed by atoms with Crippen LogP contribution in [-0.4, -0.2) is 20.1 Å². The fourth-order valence-electron chi connectivity index (χ4n) is 1.88. The number of nitrogens with zero attached hydrogens (tertiary/aromatic N) is 1. The van der Waals surface area contributed by atoms with E-state index in [0.29, 0.717) is 5.76 Å². The van der Waals surface area contributed by atoms with Gasteiger partial charge in [-0.15, -0.1) is 0 Å². The highest BCUT2D eigenvalue weighted by Gasteiger charge is 2.12. The fraction of sp³-hybridized carbons (Fsp3) is 0.357. The first kappa shape index (κ1) is 15.7. The van der Waals surface area contributed by atoms with E-state index in [1.807, 2.05) is 31.2 Å². The van der Waals surface area contributed by atoms with Crippen LogP contribution in [0.3, 0.4) is 0 Å². The summed E-state index contributed by atoms with van der Waals surface area (Å²) in [6, 6.07) is 9.17. The van der Waals surface area contributed by atoms with Crippen molar-refractivity contribution in [3.8, 4) is 0 Å². The molecule has 0 saturated heterocycles. The summed E-state index contributed by atoms with van der Waals surface area (Å²) in [5.41, 5.74) is 1.83. The Morgan fingerprint density at radius 3 is 2.71 bits per heavy atom. The van der Waals surface area contributed by atoms with Crippen LogP contribution in [0.2, 0.25) is 0 Å². The summed E-state index contributed by atoms with van der Waals surface area (Å²) in [4.78, 5) is 0. The third-order valence-corrected chi connectivity index (χ3v) is 4.18. The largest absolute Gasteiger partial charge is 0.360 e. The summed E-state index contributed by atoms with van der Waals surface area (Å²) in [6.45, 7) is 3.75. The minimum atomic E-state index is -3.41. The van der Waals surface area contributed by atoms with Gasteiger partial charge in [-0.25, -0.2) is 13.1 Å². The maximum atomic E-state index is 12.0. The molecule has 0 fully saturated rings. The normalized spacial score (nSPS) is 11.7. The van der Waals surface area contributed by atoms with Crippen molar-refractivity contribution in [2.45, 2.75) is 25.8 Å². The Kier molecular flexibility index (Phi) is 5.49. The van der Waals surface area contributed by atoms with E-state index in [1.165, 1.54) is 6.20 Å². The standard InChI is InChI=1S/C14H19N3O3S/c1-2-15-9-12-4-3-5-13(8-12)11-21(18,19)17-10-14-6-7-16-20-14/h3-8,15,17H,2,9-11H2,1H3. The Bertz CT molecular complexity index is 654. The lowest BCUT2D eigenvalue weighted by Crippen LogP contribution is -2.24. The summed E-state index contributed by atoms with van der Waals surface area (Å²) in [5, 5.41) is 6.74. The lowest BCUT2D eigenvalue weighted by atomic mass is 10.1. The first-order valence-electron chi connectivity index (χ1n) is 6.74. The van der Waals surface area contributed by atoms with Gasteiger partial charge in [0.15, 0.2) is 5.76 Å². The molecule has 2 aromatic rings. The third-order valence-electron chi connectivity index (χ3n) is 2.88. The van der Waals surface area contributed by atoms with Gasteiger partial charge in [-0.3, -0.25) is 0 Å². The highest BCUT2D eigenvalue weighted by Crippen LogP contribution is 2.09. The average Bonchev–Trinajstić information content (AvgIpc) is 2.96. The van der Waals surface area contributed by atoms with Crippen LogP contribution in [0, 0.1) is 0 Å². The summed E-state index contributed by atoms with van der Waals surface area (Å²) in [6.07, 6.45) is 1.48. The number of nitrogens with one attached hydrogen (secondary N) is 2. The lowest BCUT2D eigenvalue weighted by Gasteiger charge is -2.07. The molecule has 1 aromatic heterocycles. The molecule has 6 nitrogen and oxygen atoms in total. The zero-order valence-corrected chi connectivity index (χ0v) is 12.7. The van der Waals surface area contributed by atoms with Crippen molar-refractivity contribution in [1.29, 1.82) is 0 Å². The van der Waals surface area contributed by atoms with Crippen molar-refractivity contribution < 1.29 is 12.9 Å². The van der Waals surface area contributed by atoms with Crippen LogP contribution in [0.25, 0.3) is 0 Å². The predicted molar refractivity (Wildman–Crippen MR) is 79.8 cm³/mol. The second kappa shape index (κ2) is 7.35. The lowest BCUT2D eigenvalue weighted by molar-refractivity contribution is 0.380. The van der Waals surface area contributed by atoms with Gasteiger partial charge in [0.25, 0.3) is 0 Å². The first-order chi connectivity index (χ1) is 10.1. The first-order valence-corrected chi connectivity index (χ1v) is 8.40. The van der Waals surface area contributed by atoms with E-state index >= 15 is 0 Å². The fourth-order valence-corrected chi connectivity index (χ4v) is 2.97. The summed E-state index contributed by atoms with van der Waals surface area (Å²) >= 11 is 0. The number of benzene rings is 1. The minimum Gasteiger partial charge on any atom is -0.360 e. The molecule has 0 atom stereocenters. The highest BCUT2D eigenvalue weighted by atomic mass is 32.2. The molecule has 114 valence electrons. The average molecular weight is 309 g/mol. The van der Waals surface area contributed by atoms with Crippen LogP contribution in [0.4, 0.5) is 0 Å². The second-order valence-electron chi connectivity index (χ2n) is 4.66. The van der Waals surface area contributed by atoms with Crippen molar-refractivity contribution in [3.63, 3.8) is 0 Å². The second-order valence-corrected chi connectivity index (χ2v) is 6.47. The van der Waals surface area contributed by atoms with E-state index < -0.39 is 10.0 Å². The van der Waals surface area contributed by atoms with Crippen LogP contribution >= 0.6 is 0 Å². The Labute approximate surface area is 124 Å². The Balaban J connectivity index is 1.95. The van der Waals surface area contributed by atoms with E-state index in [1.54, 1.807) is 6.07 Å². The monoisotopic (exact) mass is 309 g/mol. The molecule has 0 amide bonds. The van der Waals surface area contributed by atoms with Crippen molar-refractivity contribution >= 4 is 10.0 Å². The minimum absolute atomic E-state index is 0.0545. The van der Waals surface area contributed by atoms with Crippen LogP contribution < -0.4 is 10.0 Å². The molecule has 0 aliphatic heterocycles. The smallest absolute Gasteiger partial charge is 0.216 e. The van der Waals surface area contributed by atoms with Gasteiger partial charge in [-0.1, -0.05) is 36.3 Å². The van der Waals surface area contributed by atoms with Gasteiger partial charge in [0.05, 0.1) is 18.5 Å². The van der Waals surface area contributed by atoms with Crippen LogP contribution in [0.15, 0.2) is 41.1 Å². The van der Waals surface area contributed by atoms with E-state index in [2.05, 4.69) is 15.2 Å². The molecule has 0 bridgehead atoms. The molecule has 0 unspecified atom stereocenters. The Morgan fingerprint density at radius 2 is 2.00 bits per heavy atom. The van der Waals surface area contributed by atoms with Gasteiger partial charge in [0.2, 0.25) is 10.0 Å².